The third-order valence-corrected chi connectivity index (χ3v) is 9.03. The molecule has 1 amide bonds. The molecule has 39 heavy (non-hydrogen) atoms. The fourth-order valence-corrected chi connectivity index (χ4v) is 6.56. The van der Waals surface area contributed by atoms with Gasteiger partial charge in [0.1, 0.15) is 12.2 Å². The van der Waals surface area contributed by atoms with Gasteiger partial charge < -0.3 is 14.8 Å². The third kappa shape index (κ3) is 4.75. The van der Waals surface area contributed by atoms with Crippen LogP contribution in [0.5, 0.6) is 0 Å². The third-order valence-electron chi connectivity index (χ3n) is 9.03. The molecule has 1 aromatic heterocycles. The summed E-state index contributed by atoms with van der Waals surface area (Å²) in [5.74, 6) is 1.51. The molecule has 0 spiro atoms. The van der Waals surface area contributed by atoms with E-state index in [1.807, 2.05) is 29.8 Å². The van der Waals surface area contributed by atoms with Crippen molar-refractivity contribution in [3.05, 3.63) is 76.4 Å². The highest BCUT2D eigenvalue weighted by molar-refractivity contribution is 6.10. The van der Waals surface area contributed by atoms with Crippen LogP contribution in [0.1, 0.15) is 90.3 Å². The van der Waals surface area contributed by atoms with Crippen molar-refractivity contribution in [2.45, 2.75) is 76.7 Å². The zero-order chi connectivity index (χ0) is 27.5. The number of aromatic nitrogens is 3. The van der Waals surface area contributed by atoms with Gasteiger partial charge in [-0.1, -0.05) is 19.1 Å². The van der Waals surface area contributed by atoms with Gasteiger partial charge in [-0.15, -0.1) is 10.2 Å². The Bertz CT molecular complexity index is 1400. The molecule has 2 heterocycles. The lowest BCUT2D eigenvalue weighted by molar-refractivity contribution is -0.138. The number of anilines is 1. The van der Waals surface area contributed by atoms with Gasteiger partial charge in [0.25, 0.3) is 5.91 Å². The maximum atomic E-state index is 14.2. The van der Waals surface area contributed by atoms with Crippen LogP contribution in [0.4, 0.5) is 18.9 Å². The summed E-state index contributed by atoms with van der Waals surface area (Å²) in [6.45, 7) is 4.52. The second kappa shape index (κ2) is 9.47. The second-order valence-corrected chi connectivity index (χ2v) is 12.0. The number of aryl methyl sites for hydroxylation is 1. The van der Waals surface area contributed by atoms with Crippen molar-refractivity contribution in [1.29, 1.82) is 0 Å². The normalized spacial score (nSPS) is 22.8. The number of nitrogens with zero attached hydrogens (tertiary/aromatic N) is 4. The Balaban J connectivity index is 1.33. The van der Waals surface area contributed by atoms with E-state index in [-0.39, 0.29) is 29.1 Å². The molecule has 206 valence electrons. The van der Waals surface area contributed by atoms with Crippen molar-refractivity contribution >= 4 is 11.6 Å². The molecule has 0 unspecified atom stereocenters. The smallest absolute Gasteiger partial charge is 0.320 e. The number of hydrogen-bond donors (Lipinski definition) is 1. The molecule has 3 aromatic rings. The summed E-state index contributed by atoms with van der Waals surface area (Å²) in [6.07, 6.45) is 2.40. The van der Waals surface area contributed by atoms with Crippen LogP contribution >= 0.6 is 0 Å². The van der Waals surface area contributed by atoms with Crippen LogP contribution in [0, 0.1) is 11.8 Å². The van der Waals surface area contributed by atoms with Crippen LogP contribution in [0.2, 0.25) is 0 Å². The quantitative estimate of drug-likeness (QED) is 0.390. The summed E-state index contributed by atoms with van der Waals surface area (Å²) in [4.78, 5) is 15.1. The summed E-state index contributed by atoms with van der Waals surface area (Å²) in [6, 6.07) is 10.5. The molecule has 2 fully saturated rings. The predicted molar refractivity (Wildman–Crippen MR) is 142 cm³/mol. The van der Waals surface area contributed by atoms with Gasteiger partial charge in [-0.3, -0.25) is 4.79 Å². The van der Waals surface area contributed by atoms with E-state index in [2.05, 4.69) is 29.4 Å². The van der Waals surface area contributed by atoms with Gasteiger partial charge in [-0.25, -0.2) is 0 Å². The van der Waals surface area contributed by atoms with Crippen molar-refractivity contribution in [2.75, 3.05) is 4.90 Å². The molecule has 3 aliphatic rings. The maximum Gasteiger partial charge on any atom is 0.416 e. The van der Waals surface area contributed by atoms with E-state index in [0.717, 1.165) is 43.5 Å². The Labute approximate surface area is 226 Å². The standard InChI is InChI=1S/C30H34F3N5O/c1-18-10-21(11-18)26(27-36-35-17-37(27)3)20-6-4-7-22(14-20)38-16-24-23(28(38)39)12-19(13-25(24)30(31,32)33)15-34-29(2)8-5-9-29/h4,6-7,12-14,17-18,21,26,34H,5,8-11,15-16H2,1-3H3/t18?,21?,26-/m1/s1. The lowest BCUT2D eigenvalue weighted by atomic mass is 9.67. The SMILES string of the molecule is CC1CC([C@@H](c2cccc(N3Cc4c(cc(CNC5(C)CCC5)cc4C(F)(F)F)C3=O)c2)c2nncn2C)C1. The minimum Gasteiger partial charge on any atom is -0.320 e. The van der Waals surface area contributed by atoms with Gasteiger partial charge in [-0.2, -0.15) is 13.2 Å². The number of fused-ring (bicyclic) bond motifs is 1. The molecule has 0 radical (unpaired) electrons. The van der Waals surface area contributed by atoms with Gasteiger partial charge in [-0.05, 0) is 91.8 Å². The molecule has 2 aromatic carbocycles. The number of halogens is 3. The molecular weight excluding hydrogens is 503 g/mol. The summed E-state index contributed by atoms with van der Waals surface area (Å²) in [5.41, 5.74) is 1.51. The van der Waals surface area contributed by atoms with Crippen molar-refractivity contribution < 1.29 is 18.0 Å². The van der Waals surface area contributed by atoms with E-state index >= 15 is 0 Å². The minimum atomic E-state index is -4.55. The number of carbonyl (C=O) groups excluding carboxylic acids is 1. The minimum absolute atomic E-state index is 0.00464. The Morgan fingerprint density at radius 2 is 1.95 bits per heavy atom. The Morgan fingerprint density at radius 1 is 1.18 bits per heavy atom. The molecule has 2 saturated carbocycles. The monoisotopic (exact) mass is 537 g/mol. The molecule has 1 atom stereocenters. The fourth-order valence-electron chi connectivity index (χ4n) is 6.56. The first-order valence-corrected chi connectivity index (χ1v) is 13.8. The average molecular weight is 538 g/mol. The zero-order valence-corrected chi connectivity index (χ0v) is 22.6. The average Bonchev–Trinajstić information content (AvgIpc) is 3.43. The number of rotatable bonds is 7. The van der Waals surface area contributed by atoms with E-state index in [0.29, 0.717) is 29.6 Å². The lowest BCUT2D eigenvalue weighted by Crippen LogP contribution is -2.47. The second-order valence-electron chi connectivity index (χ2n) is 12.0. The first-order chi connectivity index (χ1) is 18.5. The number of hydrogen-bond acceptors (Lipinski definition) is 4. The maximum absolute atomic E-state index is 14.2. The van der Waals surface area contributed by atoms with E-state index in [1.54, 1.807) is 18.5 Å². The number of carbonyl (C=O) groups is 1. The molecule has 6 rings (SSSR count). The van der Waals surface area contributed by atoms with Gasteiger partial charge in [0.15, 0.2) is 0 Å². The highest BCUT2D eigenvalue weighted by atomic mass is 19.4. The van der Waals surface area contributed by atoms with Gasteiger partial charge in [0, 0.05) is 36.3 Å². The lowest BCUT2D eigenvalue weighted by Gasteiger charge is -2.39. The molecule has 0 bridgehead atoms. The van der Waals surface area contributed by atoms with Crippen molar-refractivity contribution in [1.82, 2.24) is 20.1 Å². The van der Waals surface area contributed by atoms with Crippen LogP contribution in [0.25, 0.3) is 0 Å². The Morgan fingerprint density at radius 3 is 2.56 bits per heavy atom. The Hall–Kier alpha value is -3.20. The van der Waals surface area contributed by atoms with Gasteiger partial charge in [0.05, 0.1) is 12.1 Å². The van der Waals surface area contributed by atoms with Crippen LogP contribution in [-0.2, 0) is 26.3 Å². The molecular formula is C30H34F3N5O. The highest BCUT2D eigenvalue weighted by Gasteiger charge is 2.42. The number of benzene rings is 2. The number of nitrogens with one attached hydrogen (secondary N) is 1. The summed E-state index contributed by atoms with van der Waals surface area (Å²) in [7, 11) is 1.92. The van der Waals surface area contributed by atoms with E-state index < -0.39 is 17.6 Å². The first-order valence-electron chi connectivity index (χ1n) is 13.8. The van der Waals surface area contributed by atoms with E-state index in [1.165, 1.54) is 11.0 Å². The Kier molecular flexibility index (Phi) is 6.32. The first kappa shape index (κ1) is 26.0. The van der Waals surface area contributed by atoms with Crippen LogP contribution in [-0.4, -0.2) is 26.2 Å². The van der Waals surface area contributed by atoms with Crippen molar-refractivity contribution in [3.63, 3.8) is 0 Å². The molecule has 6 nitrogen and oxygen atoms in total. The molecule has 2 aliphatic carbocycles. The summed E-state index contributed by atoms with van der Waals surface area (Å²) < 4.78 is 44.5. The fraction of sp³-hybridized carbons (Fsp3) is 0.500. The van der Waals surface area contributed by atoms with Crippen LogP contribution in [0.15, 0.2) is 42.7 Å². The van der Waals surface area contributed by atoms with Gasteiger partial charge in [0.2, 0.25) is 0 Å². The zero-order valence-electron chi connectivity index (χ0n) is 22.6. The highest BCUT2D eigenvalue weighted by Crippen LogP contribution is 2.47. The summed E-state index contributed by atoms with van der Waals surface area (Å²) >= 11 is 0. The molecule has 1 aliphatic heterocycles. The summed E-state index contributed by atoms with van der Waals surface area (Å²) in [5, 5.41) is 11.9. The van der Waals surface area contributed by atoms with Crippen LogP contribution < -0.4 is 10.2 Å². The van der Waals surface area contributed by atoms with Crippen molar-refractivity contribution in [2.24, 2.45) is 18.9 Å². The number of amides is 1. The number of alkyl halides is 3. The molecule has 0 saturated heterocycles. The van der Waals surface area contributed by atoms with E-state index in [9.17, 15) is 18.0 Å². The largest absolute Gasteiger partial charge is 0.416 e. The molecule has 1 N–H and O–H groups in total. The van der Waals surface area contributed by atoms with Crippen molar-refractivity contribution in [3.8, 4) is 0 Å². The predicted octanol–water partition coefficient (Wildman–Crippen LogP) is 6.20. The topological polar surface area (TPSA) is 63.1 Å². The van der Waals surface area contributed by atoms with E-state index in [4.69, 9.17) is 0 Å². The van der Waals surface area contributed by atoms with Gasteiger partial charge >= 0.3 is 6.18 Å². The molecule has 9 heteroatoms. The van der Waals surface area contributed by atoms with Crippen LogP contribution in [0.3, 0.4) is 0 Å².